The number of methoxy groups -OCH3 is 2. The van der Waals surface area contributed by atoms with Gasteiger partial charge in [0.25, 0.3) is 0 Å². The van der Waals surface area contributed by atoms with Crippen molar-refractivity contribution in [3.63, 3.8) is 0 Å². The van der Waals surface area contributed by atoms with Crippen molar-refractivity contribution in [3.05, 3.63) is 58.8 Å². The molecule has 0 radical (unpaired) electrons. The lowest BCUT2D eigenvalue weighted by Crippen LogP contribution is -1.88. The Morgan fingerprint density at radius 3 is 2.00 bits per heavy atom. The molecule has 0 atom stereocenters. The first-order valence-electron chi connectivity index (χ1n) is 8.41. The Labute approximate surface area is 166 Å². The fourth-order valence-corrected chi connectivity index (χ4v) is 4.68. The second-order valence-electron chi connectivity index (χ2n) is 5.86. The molecule has 0 N–H and O–H groups in total. The minimum Gasteiger partial charge on any atom is -0.496 e. The van der Waals surface area contributed by atoms with Gasteiger partial charge in [-0.3, -0.25) is 0 Å². The Kier molecular flexibility index (Phi) is 4.92. The number of nitrogens with zero attached hydrogens (tertiary/aromatic N) is 2. The molecule has 6 heteroatoms. The number of aryl methyl sites for hydroxylation is 1. The zero-order chi connectivity index (χ0) is 18.8. The maximum atomic E-state index is 5.48. The number of hydrogen-bond acceptors (Lipinski definition) is 6. The van der Waals surface area contributed by atoms with E-state index in [1.807, 2.05) is 48.5 Å². The zero-order valence-corrected chi connectivity index (χ0v) is 16.9. The van der Waals surface area contributed by atoms with Gasteiger partial charge in [0, 0.05) is 10.3 Å². The highest BCUT2D eigenvalue weighted by Gasteiger charge is 2.17. The fourth-order valence-electron chi connectivity index (χ4n) is 2.90. The number of benzene rings is 2. The average Bonchev–Trinajstić information content (AvgIpc) is 3.34. The van der Waals surface area contributed by atoms with Crippen molar-refractivity contribution in [2.75, 3.05) is 14.2 Å². The molecule has 0 bridgehead atoms. The Morgan fingerprint density at radius 2 is 1.37 bits per heavy atom. The summed E-state index contributed by atoms with van der Waals surface area (Å²) in [5.74, 6) is 1.65. The van der Waals surface area contributed by atoms with E-state index in [0.717, 1.165) is 48.9 Å². The van der Waals surface area contributed by atoms with Gasteiger partial charge in [0.1, 0.15) is 32.9 Å². The van der Waals surface area contributed by atoms with Gasteiger partial charge in [-0.2, -0.15) is 0 Å². The van der Waals surface area contributed by atoms with Crippen molar-refractivity contribution in [1.29, 1.82) is 0 Å². The van der Waals surface area contributed by atoms with Gasteiger partial charge in [-0.1, -0.05) is 24.3 Å². The Bertz CT molecular complexity index is 1090. The molecule has 4 nitrogen and oxygen atoms in total. The molecule has 0 unspecified atom stereocenters. The van der Waals surface area contributed by atoms with Gasteiger partial charge in [-0.15, -0.1) is 22.7 Å². The van der Waals surface area contributed by atoms with E-state index < -0.39 is 0 Å². The number of ether oxygens (including phenoxy) is 2. The van der Waals surface area contributed by atoms with E-state index in [2.05, 4.69) is 12.3 Å². The minimum absolute atomic E-state index is 0.822. The molecule has 2 aromatic heterocycles. The summed E-state index contributed by atoms with van der Waals surface area (Å²) in [5, 5.41) is 3.91. The third-order valence-electron chi connectivity index (χ3n) is 4.22. The van der Waals surface area contributed by atoms with Crippen LogP contribution in [0.5, 0.6) is 11.5 Å². The molecule has 0 saturated heterocycles. The summed E-state index contributed by atoms with van der Waals surface area (Å²) in [7, 11) is 3.36. The van der Waals surface area contributed by atoms with Gasteiger partial charge >= 0.3 is 0 Å². The van der Waals surface area contributed by atoms with Crippen LogP contribution in [-0.4, -0.2) is 24.2 Å². The molecule has 4 aromatic rings. The molecule has 2 aromatic carbocycles. The van der Waals surface area contributed by atoms with Gasteiger partial charge in [0.15, 0.2) is 0 Å². The lowest BCUT2D eigenvalue weighted by atomic mass is 10.2. The summed E-state index contributed by atoms with van der Waals surface area (Å²) in [5.41, 5.74) is 3.79. The Balaban J connectivity index is 1.74. The quantitative estimate of drug-likeness (QED) is 0.421. The van der Waals surface area contributed by atoms with E-state index in [0.29, 0.717) is 0 Å². The SMILES string of the molecule is COc1ccccc1-c1nc(-c2nc(-c3ccccc3OC)sc2C)cs1. The molecule has 0 aliphatic heterocycles. The van der Waals surface area contributed by atoms with E-state index in [1.54, 1.807) is 36.9 Å². The molecule has 0 amide bonds. The molecule has 0 spiro atoms. The van der Waals surface area contributed by atoms with E-state index in [4.69, 9.17) is 19.4 Å². The number of para-hydroxylation sites is 2. The Morgan fingerprint density at radius 1 is 0.778 bits per heavy atom. The highest BCUT2D eigenvalue weighted by atomic mass is 32.1. The smallest absolute Gasteiger partial charge is 0.129 e. The molecule has 0 aliphatic rings. The Hall–Kier alpha value is -2.70. The van der Waals surface area contributed by atoms with Crippen molar-refractivity contribution in [2.45, 2.75) is 6.92 Å². The van der Waals surface area contributed by atoms with Gasteiger partial charge in [0.2, 0.25) is 0 Å². The van der Waals surface area contributed by atoms with E-state index in [1.165, 1.54) is 0 Å². The van der Waals surface area contributed by atoms with Crippen LogP contribution in [0.1, 0.15) is 4.88 Å². The lowest BCUT2D eigenvalue weighted by molar-refractivity contribution is 0.416. The van der Waals surface area contributed by atoms with E-state index in [9.17, 15) is 0 Å². The topological polar surface area (TPSA) is 44.2 Å². The summed E-state index contributed by atoms with van der Waals surface area (Å²) in [6.07, 6.45) is 0. The van der Waals surface area contributed by atoms with Gasteiger partial charge in [-0.25, -0.2) is 9.97 Å². The van der Waals surface area contributed by atoms with Crippen molar-refractivity contribution >= 4 is 22.7 Å². The van der Waals surface area contributed by atoms with Gasteiger partial charge in [0.05, 0.1) is 25.3 Å². The van der Waals surface area contributed by atoms with Crippen LogP contribution in [0.4, 0.5) is 0 Å². The first kappa shape index (κ1) is 17.7. The molecule has 27 heavy (non-hydrogen) atoms. The molecule has 0 fully saturated rings. The van der Waals surface area contributed by atoms with Crippen LogP contribution in [0.2, 0.25) is 0 Å². The van der Waals surface area contributed by atoms with Crippen LogP contribution in [0.25, 0.3) is 32.5 Å². The van der Waals surface area contributed by atoms with Gasteiger partial charge < -0.3 is 9.47 Å². The standard InChI is InChI=1S/C21H18N2O2S2/c1-13-19(23-21(27-13)15-9-5-7-11-18(15)25-3)16-12-26-20(22-16)14-8-4-6-10-17(14)24-2/h4-12H,1-3H3. The van der Waals surface area contributed by atoms with Crippen LogP contribution in [0.3, 0.4) is 0 Å². The van der Waals surface area contributed by atoms with Crippen LogP contribution >= 0.6 is 22.7 Å². The second kappa shape index (κ2) is 7.50. The molecule has 4 rings (SSSR count). The highest BCUT2D eigenvalue weighted by molar-refractivity contribution is 7.15. The molecule has 2 heterocycles. The molecular formula is C21H18N2O2S2. The predicted octanol–water partition coefficient (Wildman–Crippen LogP) is 5.93. The zero-order valence-electron chi connectivity index (χ0n) is 15.2. The summed E-state index contributed by atoms with van der Waals surface area (Å²) in [6, 6.07) is 15.9. The highest BCUT2D eigenvalue weighted by Crippen LogP contribution is 2.39. The predicted molar refractivity (Wildman–Crippen MR) is 112 cm³/mol. The fraction of sp³-hybridized carbons (Fsp3) is 0.143. The van der Waals surface area contributed by atoms with Gasteiger partial charge in [-0.05, 0) is 31.2 Å². The number of thiazole rings is 2. The largest absolute Gasteiger partial charge is 0.496 e. The third-order valence-corrected chi connectivity index (χ3v) is 6.10. The summed E-state index contributed by atoms with van der Waals surface area (Å²) in [6.45, 7) is 2.08. The van der Waals surface area contributed by atoms with Crippen LogP contribution in [0.15, 0.2) is 53.9 Å². The summed E-state index contributed by atoms with van der Waals surface area (Å²) < 4.78 is 10.9. The summed E-state index contributed by atoms with van der Waals surface area (Å²) in [4.78, 5) is 10.8. The maximum Gasteiger partial charge on any atom is 0.129 e. The molecule has 0 saturated carbocycles. The first-order chi connectivity index (χ1) is 13.2. The van der Waals surface area contributed by atoms with Crippen LogP contribution in [0, 0.1) is 6.92 Å². The van der Waals surface area contributed by atoms with Crippen molar-refractivity contribution in [2.24, 2.45) is 0 Å². The van der Waals surface area contributed by atoms with E-state index >= 15 is 0 Å². The number of hydrogen-bond donors (Lipinski definition) is 0. The van der Waals surface area contributed by atoms with Crippen molar-refractivity contribution < 1.29 is 9.47 Å². The van der Waals surface area contributed by atoms with Crippen molar-refractivity contribution in [3.8, 4) is 44.0 Å². The molecular weight excluding hydrogens is 376 g/mol. The number of rotatable bonds is 5. The minimum atomic E-state index is 0.822. The first-order valence-corrected chi connectivity index (χ1v) is 10.1. The molecule has 0 aliphatic carbocycles. The third kappa shape index (κ3) is 3.34. The van der Waals surface area contributed by atoms with Crippen LogP contribution < -0.4 is 9.47 Å². The number of aromatic nitrogens is 2. The second-order valence-corrected chi connectivity index (χ2v) is 7.92. The van der Waals surface area contributed by atoms with E-state index in [-0.39, 0.29) is 0 Å². The normalized spacial score (nSPS) is 10.8. The summed E-state index contributed by atoms with van der Waals surface area (Å²) >= 11 is 3.25. The molecule has 136 valence electrons. The monoisotopic (exact) mass is 394 g/mol. The maximum absolute atomic E-state index is 5.48. The van der Waals surface area contributed by atoms with Crippen LogP contribution in [-0.2, 0) is 0 Å². The average molecular weight is 395 g/mol. The lowest BCUT2D eigenvalue weighted by Gasteiger charge is -2.04. The van der Waals surface area contributed by atoms with Crippen molar-refractivity contribution in [1.82, 2.24) is 9.97 Å².